The maximum atomic E-state index is 8.75. The first-order valence-corrected chi connectivity index (χ1v) is 6.12. The Morgan fingerprint density at radius 2 is 1.86 bits per heavy atom. The fourth-order valence-electron chi connectivity index (χ4n) is 2.24. The molecule has 1 atom stereocenters. The summed E-state index contributed by atoms with van der Waals surface area (Å²) in [5.41, 5.74) is 0.491. The van der Waals surface area contributed by atoms with Gasteiger partial charge in [0.15, 0.2) is 0 Å². The summed E-state index contributed by atoms with van der Waals surface area (Å²) in [7, 11) is 0. The first kappa shape index (κ1) is 14.0. The molecule has 0 saturated carbocycles. The first-order chi connectivity index (χ1) is 6.52. The Kier molecular flexibility index (Phi) is 7.26. The van der Waals surface area contributed by atoms with Gasteiger partial charge in [-0.3, -0.25) is 0 Å². The van der Waals surface area contributed by atoms with Crippen LogP contribution in [0.1, 0.15) is 66.2 Å². The van der Waals surface area contributed by atoms with E-state index in [1.165, 1.54) is 32.1 Å². The van der Waals surface area contributed by atoms with Gasteiger partial charge in [0.1, 0.15) is 0 Å². The molecule has 0 aliphatic heterocycles. The maximum absolute atomic E-state index is 8.75. The minimum Gasteiger partial charge on any atom is -0.396 e. The first-order valence-electron chi connectivity index (χ1n) is 6.12. The molecule has 0 aliphatic rings. The van der Waals surface area contributed by atoms with E-state index in [2.05, 4.69) is 27.7 Å². The SMILES string of the molecule is CCCCC(C)(C)CC(C)CCCO. The highest BCUT2D eigenvalue weighted by atomic mass is 16.2. The highest BCUT2D eigenvalue weighted by Crippen LogP contribution is 2.32. The predicted molar refractivity (Wildman–Crippen MR) is 63.4 cm³/mol. The van der Waals surface area contributed by atoms with Crippen LogP contribution in [0, 0.1) is 11.3 Å². The fourth-order valence-corrected chi connectivity index (χ4v) is 2.24. The maximum Gasteiger partial charge on any atom is 0.0431 e. The molecule has 1 heteroatoms. The van der Waals surface area contributed by atoms with E-state index in [0.29, 0.717) is 12.0 Å². The summed E-state index contributed by atoms with van der Waals surface area (Å²) in [6.45, 7) is 9.66. The summed E-state index contributed by atoms with van der Waals surface area (Å²) in [6.07, 6.45) is 7.42. The van der Waals surface area contributed by atoms with E-state index in [1.54, 1.807) is 0 Å². The van der Waals surface area contributed by atoms with Crippen LogP contribution in [0.5, 0.6) is 0 Å². The van der Waals surface area contributed by atoms with Crippen molar-refractivity contribution in [3.05, 3.63) is 0 Å². The second-order valence-electron chi connectivity index (χ2n) is 5.44. The molecule has 0 aliphatic carbocycles. The zero-order valence-electron chi connectivity index (χ0n) is 10.5. The lowest BCUT2D eigenvalue weighted by Crippen LogP contribution is -2.15. The number of hydrogen-bond acceptors (Lipinski definition) is 1. The second kappa shape index (κ2) is 7.28. The van der Waals surface area contributed by atoms with E-state index in [9.17, 15) is 0 Å². The van der Waals surface area contributed by atoms with Crippen molar-refractivity contribution in [3.8, 4) is 0 Å². The van der Waals surface area contributed by atoms with Crippen LogP contribution in [-0.2, 0) is 0 Å². The zero-order chi connectivity index (χ0) is 11.0. The van der Waals surface area contributed by atoms with Gasteiger partial charge in [-0.2, -0.15) is 0 Å². The highest BCUT2D eigenvalue weighted by molar-refractivity contribution is 4.71. The standard InChI is InChI=1S/C13H28O/c1-5-6-9-13(3,4)11-12(2)8-7-10-14/h12,14H,5-11H2,1-4H3. The van der Waals surface area contributed by atoms with Crippen LogP contribution in [0.4, 0.5) is 0 Å². The molecule has 0 rings (SSSR count). The van der Waals surface area contributed by atoms with Gasteiger partial charge in [-0.05, 0) is 37.0 Å². The third kappa shape index (κ3) is 7.37. The third-order valence-corrected chi connectivity index (χ3v) is 2.96. The normalized spacial score (nSPS) is 14.4. The van der Waals surface area contributed by atoms with Crippen molar-refractivity contribution in [2.45, 2.75) is 66.2 Å². The monoisotopic (exact) mass is 200 g/mol. The molecule has 0 radical (unpaired) electrons. The molecule has 0 fully saturated rings. The Labute approximate surface area is 89.9 Å². The molecular formula is C13H28O. The van der Waals surface area contributed by atoms with Crippen LogP contribution in [-0.4, -0.2) is 11.7 Å². The molecular weight excluding hydrogens is 172 g/mol. The van der Waals surface area contributed by atoms with E-state index in [-0.39, 0.29) is 0 Å². The van der Waals surface area contributed by atoms with Crippen molar-refractivity contribution in [3.63, 3.8) is 0 Å². The largest absolute Gasteiger partial charge is 0.396 e. The van der Waals surface area contributed by atoms with Crippen molar-refractivity contribution < 1.29 is 5.11 Å². The van der Waals surface area contributed by atoms with Gasteiger partial charge >= 0.3 is 0 Å². The van der Waals surface area contributed by atoms with Crippen molar-refractivity contribution >= 4 is 0 Å². The lowest BCUT2D eigenvalue weighted by atomic mass is 9.78. The molecule has 0 amide bonds. The van der Waals surface area contributed by atoms with Gasteiger partial charge in [0, 0.05) is 6.61 Å². The van der Waals surface area contributed by atoms with E-state index >= 15 is 0 Å². The minimum absolute atomic E-state index is 0.347. The lowest BCUT2D eigenvalue weighted by molar-refractivity contribution is 0.223. The molecule has 1 nitrogen and oxygen atoms in total. The molecule has 0 spiro atoms. The van der Waals surface area contributed by atoms with Crippen molar-refractivity contribution in [2.75, 3.05) is 6.61 Å². The number of aliphatic hydroxyl groups excluding tert-OH is 1. The number of unbranched alkanes of at least 4 members (excludes halogenated alkanes) is 1. The number of rotatable bonds is 8. The van der Waals surface area contributed by atoms with E-state index < -0.39 is 0 Å². The molecule has 0 saturated heterocycles. The van der Waals surface area contributed by atoms with Crippen molar-refractivity contribution in [2.24, 2.45) is 11.3 Å². The van der Waals surface area contributed by atoms with Gasteiger partial charge < -0.3 is 5.11 Å². The Morgan fingerprint density at radius 1 is 1.21 bits per heavy atom. The Hall–Kier alpha value is -0.0400. The minimum atomic E-state index is 0.347. The van der Waals surface area contributed by atoms with Gasteiger partial charge in [-0.1, -0.05) is 40.5 Å². The summed E-state index contributed by atoms with van der Waals surface area (Å²) in [4.78, 5) is 0. The second-order valence-corrected chi connectivity index (χ2v) is 5.44. The van der Waals surface area contributed by atoms with Crippen LogP contribution < -0.4 is 0 Å². The molecule has 86 valence electrons. The van der Waals surface area contributed by atoms with E-state index in [0.717, 1.165) is 12.3 Å². The fraction of sp³-hybridized carbons (Fsp3) is 1.00. The van der Waals surface area contributed by atoms with Gasteiger partial charge in [0.25, 0.3) is 0 Å². The van der Waals surface area contributed by atoms with Crippen LogP contribution in [0.3, 0.4) is 0 Å². The molecule has 0 aromatic heterocycles. The Balaban J connectivity index is 3.70. The molecule has 0 heterocycles. The van der Waals surface area contributed by atoms with Crippen LogP contribution in [0.15, 0.2) is 0 Å². The van der Waals surface area contributed by atoms with E-state index in [1.807, 2.05) is 0 Å². The lowest BCUT2D eigenvalue weighted by Gasteiger charge is -2.28. The average Bonchev–Trinajstić information content (AvgIpc) is 2.11. The molecule has 14 heavy (non-hydrogen) atoms. The van der Waals surface area contributed by atoms with Crippen LogP contribution in [0.25, 0.3) is 0 Å². The summed E-state index contributed by atoms with van der Waals surface area (Å²) >= 11 is 0. The van der Waals surface area contributed by atoms with Gasteiger partial charge in [0.2, 0.25) is 0 Å². The quantitative estimate of drug-likeness (QED) is 0.628. The Morgan fingerprint density at radius 3 is 2.36 bits per heavy atom. The molecule has 1 unspecified atom stereocenters. The number of hydrogen-bond donors (Lipinski definition) is 1. The summed E-state index contributed by atoms with van der Waals surface area (Å²) < 4.78 is 0. The van der Waals surface area contributed by atoms with E-state index in [4.69, 9.17) is 5.11 Å². The van der Waals surface area contributed by atoms with Crippen molar-refractivity contribution in [1.29, 1.82) is 0 Å². The van der Waals surface area contributed by atoms with Gasteiger partial charge in [-0.25, -0.2) is 0 Å². The smallest absolute Gasteiger partial charge is 0.0431 e. The van der Waals surface area contributed by atoms with Gasteiger partial charge in [0.05, 0.1) is 0 Å². The number of aliphatic hydroxyl groups is 1. The Bertz CT molecular complexity index is 129. The highest BCUT2D eigenvalue weighted by Gasteiger charge is 2.19. The summed E-state index contributed by atoms with van der Waals surface area (Å²) in [6, 6.07) is 0. The molecule has 1 N–H and O–H groups in total. The summed E-state index contributed by atoms with van der Waals surface area (Å²) in [5, 5.41) is 8.75. The van der Waals surface area contributed by atoms with Crippen LogP contribution in [0.2, 0.25) is 0 Å². The zero-order valence-corrected chi connectivity index (χ0v) is 10.5. The molecule has 0 bridgehead atoms. The topological polar surface area (TPSA) is 20.2 Å². The molecule has 0 aromatic rings. The average molecular weight is 200 g/mol. The van der Waals surface area contributed by atoms with Gasteiger partial charge in [-0.15, -0.1) is 0 Å². The third-order valence-electron chi connectivity index (χ3n) is 2.96. The predicted octanol–water partition coefficient (Wildman–Crippen LogP) is 4.00. The van der Waals surface area contributed by atoms with Crippen LogP contribution >= 0.6 is 0 Å². The van der Waals surface area contributed by atoms with Crippen molar-refractivity contribution in [1.82, 2.24) is 0 Å². The molecule has 0 aromatic carbocycles. The summed E-state index contributed by atoms with van der Waals surface area (Å²) in [5.74, 6) is 0.758.